The molecule has 0 aliphatic rings. The summed E-state index contributed by atoms with van der Waals surface area (Å²) in [5, 5.41) is 5.75. The van der Waals surface area contributed by atoms with Crippen LogP contribution in [0.15, 0.2) is 42.5 Å². The molecule has 0 aliphatic heterocycles. The van der Waals surface area contributed by atoms with E-state index in [0.717, 1.165) is 0 Å². The van der Waals surface area contributed by atoms with Crippen molar-refractivity contribution in [3.63, 3.8) is 0 Å². The molecular weight excluding hydrogens is 449 g/mol. The lowest BCUT2D eigenvalue weighted by Crippen LogP contribution is -2.37. The average Bonchev–Trinajstić information content (AvgIpc) is 2.66. The first kappa shape index (κ1) is 24.1. The van der Waals surface area contributed by atoms with Crippen LogP contribution in [0.1, 0.15) is 35.3 Å². The van der Waals surface area contributed by atoms with Gasteiger partial charge >= 0.3 is 0 Å². The number of carbonyl (C=O) groups excluding carboxylic acids is 2. The maximum atomic E-state index is 12.2. The van der Waals surface area contributed by atoms with Crippen molar-refractivity contribution in [2.24, 2.45) is 0 Å². The zero-order valence-corrected chi connectivity index (χ0v) is 18.9. The van der Waals surface area contributed by atoms with Gasteiger partial charge in [-0.15, -0.1) is 0 Å². The molecule has 10 heteroatoms. The van der Waals surface area contributed by atoms with Gasteiger partial charge in [0.25, 0.3) is 5.91 Å². The number of hydrogen-bond donors (Lipinski definition) is 3. The molecule has 2 rings (SSSR count). The zero-order chi connectivity index (χ0) is 22.3. The molecule has 0 atom stereocenters. The molecule has 0 spiro atoms. The molecule has 2 amide bonds. The molecular formula is C20H23Cl2N3O4S. The van der Waals surface area contributed by atoms with E-state index in [2.05, 4.69) is 15.4 Å². The summed E-state index contributed by atoms with van der Waals surface area (Å²) in [5.41, 5.74) is 1.55. The van der Waals surface area contributed by atoms with Gasteiger partial charge in [-0.2, -0.15) is 0 Å². The first-order valence-corrected chi connectivity index (χ1v) is 11.5. The molecule has 0 fully saturated rings. The fourth-order valence-corrected chi connectivity index (χ4v) is 4.42. The van der Waals surface area contributed by atoms with Crippen molar-refractivity contribution >= 4 is 45.0 Å². The molecule has 0 aromatic heterocycles. The van der Waals surface area contributed by atoms with E-state index in [-0.39, 0.29) is 35.5 Å². The number of benzene rings is 2. The quantitative estimate of drug-likeness (QED) is 0.522. The van der Waals surface area contributed by atoms with E-state index in [9.17, 15) is 18.0 Å². The van der Waals surface area contributed by atoms with E-state index in [0.29, 0.717) is 16.1 Å². The largest absolute Gasteiger partial charge is 0.350 e. The van der Waals surface area contributed by atoms with Gasteiger partial charge in [-0.25, -0.2) is 13.1 Å². The molecule has 0 saturated heterocycles. The minimum atomic E-state index is -3.49. The van der Waals surface area contributed by atoms with Crippen molar-refractivity contribution in [3.8, 4) is 0 Å². The standard InChI is InChI=1S/C20H23Cl2N3O4S/c1-13(2)25-30(28,29)12-16-6-4-3-5-15(16)10-23-19(26)11-24-20(27)14-7-8-17(21)18(22)9-14/h3-9,13,25H,10-12H2,1-2H3,(H,23,26)(H,24,27). The third kappa shape index (κ3) is 7.60. The van der Waals surface area contributed by atoms with Crippen molar-refractivity contribution in [2.45, 2.75) is 32.2 Å². The summed E-state index contributed by atoms with van der Waals surface area (Å²) in [4.78, 5) is 24.2. The normalized spacial score (nSPS) is 11.4. The molecule has 0 saturated carbocycles. The molecule has 0 unspecified atom stereocenters. The lowest BCUT2D eigenvalue weighted by molar-refractivity contribution is -0.120. The van der Waals surface area contributed by atoms with Crippen LogP contribution in [-0.2, 0) is 27.1 Å². The molecule has 2 aromatic carbocycles. The summed E-state index contributed by atoms with van der Waals surface area (Å²) in [6.07, 6.45) is 0. The van der Waals surface area contributed by atoms with E-state index < -0.39 is 21.8 Å². The van der Waals surface area contributed by atoms with Gasteiger partial charge in [0.15, 0.2) is 0 Å². The van der Waals surface area contributed by atoms with Crippen LogP contribution in [0.2, 0.25) is 10.0 Å². The van der Waals surface area contributed by atoms with Crippen LogP contribution in [-0.4, -0.2) is 32.8 Å². The van der Waals surface area contributed by atoms with Crippen LogP contribution in [0.3, 0.4) is 0 Å². The Balaban J connectivity index is 1.92. The number of rotatable bonds is 9. The number of halogens is 2. The molecule has 0 radical (unpaired) electrons. The Labute approximate surface area is 186 Å². The SMILES string of the molecule is CC(C)NS(=O)(=O)Cc1ccccc1CNC(=O)CNC(=O)c1ccc(Cl)c(Cl)c1. The summed E-state index contributed by atoms with van der Waals surface area (Å²) in [5.74, 6) is -1.07. The average molecular weight is 472 g/mol. The van der Waals surface area contributed by atoms with Gasteiger partial charge in [-0.1, -0.05) is 47.5 Å². The van der Waals surface area contributed by atoms with Crippen molar-refractivity contribution in [3.05, 3.63) is 69.2 Å². The third-order valence-corrected chi connectivity index (χ3v) is 6.21. The number of carbonyl (C=O) groups is 2. The minimum Gasteiger partial charge on any atom is -0.350 e. The van der Waals surface area contributed by atoms with Gasteiger partial charge in [0.05, 0.1) is 22.3 Å². The van der Waals surface area contributed by atoms with E-state index in [1.807, 2.05) is 0 Å². The van der Waals surface area contributed by atoms with Crippen LogP contribution in [0, 0.1) is 0 Å². The maximum Gasteiger partial charge on any atom is 0.251 e. The highest BCUT2D eigenvalue weighted by Gasteiger charge is 2.16. The first-order valence-electron chi connectivity index (χ1n) is 9.14. The number of sulfonamides is 1. The summed E-state index contributed by atoms with van der Waals surface area (Å²) >= 11 is 11.7. The molecule has 0 bridgehead atoms. The monoisotopic (exact) mass is 471 g/mol. The Bertz CT molecular complexity index is 1030. The van der Waals surface area contributed by atoms with Crippen LogP contribution in [0.4, 0.5) is 0 Å². The van der Waals surface area contributed by atoms with Gasteiger partial charge in [-0.3, -0.25) is 9.59 Å². The van der Waals surface area contributed by atoms with E-state index in [1.54, 1.807) is 38.1 Å². The van der Waals surface area contributed by atoms with Gasteiger partial charge < -0.3 is 10.6 Å². The summed E-state index contributed by atoms with van der Waals surface area (Å²) in [6, 6.07) is 11.2. The summed E-state index contributed by atoms with van der Waals surface area (Å²) in [7, 11) is -3.49. The number of hydrogen-bond acceptors (Lipinski definition) is 4. The lowest BCUT2D eigenvalue weighted by Gasteiger charge is -2.13. The molecule has 30 heavy (non-hydrogen) atoms. The Morgan fingerprint density at radius 2 is 1.63 bits per heavy atom. The van der Waals surface area contributed by atoms with Gasteiger partial charge in [-0.05, 0) is 43.2 Å². The second-order valence-corrected chi connectivity index (χ2v) is 9.46. The summed E-state index contributed by atoms with van der Waals surface area (Å²) < 4.78 is 26.9. The van der Waals surface area contributed by atoms with Crippen LogP contribution in [0.25, 0.3) is 0 Å². The smallest absolute Gasteiger partial charge is 0.251 e. The topological polar surface area (TPSA) is 104 Å². The Kier molecular flexibility index (Phi) is 8.66. The van der Waals surface area contributed by atoms with Crippen LogP contribution < -0.4 is 15.4 Å². The fraction of sp³-hybridized carbons (Fsp3) is 0.300. The highest BCUT2D eigenvalue weighted by molar-refractivity contribution is 7.88. The van der Waals surface area contributed by atoms with Crippen LogP contribution in [0.5, 0.6) is 0 Å². The van der Waals surface area contributed by atoms with Crippen molar-refractivity contribution in [2.75, 3.05) is 6.54 Å². The molecule has 2 aromatic rings. The van der Waals surface area contributed by atoms with E-state index >= 15 is 0 Å². The van der Waals surface area contributed by atoms with Gasteiger partial charge in [0, 0.05) is 18.2 Å². The van der Waals surface area contributed by atoms with Gasteiger partial charge in [0.1, 0.15) is 0 Å². The molecule has 162 valence electrons. The van der Waals surface area contributed by atoms with Crippen LogP contribution >= 0.6 is 23.2 Å². The van der Waals surface area contributed by atoms with Crippen molar-refractivity contribution in [1.82, 2.24) is 15.4 Å². The Morgan fingerprint density at radius 1 is 0.967 bits per heavy atom. The predicted octanol–water partition coefficient (Wildman–Crippen LogP) is 2.87. The second kappa shape index (κ2) is 10.8. The minimum absolute atomic E-state index is 0.134. The molecule has 3 N–H and O–H groups in total. The highest BCUT2D eigenvalue weighted by atomic mass is 35.5. The first-order chi connectivity index (χ1) is 14.1. The van der Waals surface area contributed by atoms with E-state index in [4.69, 9.17) is 23.2 Å². The molecule has 0 aliphatic carbocycles. The van der Waals surface area contributed by atoms with Crippen molar-refractivity contribution < 1.29 is 18.0 Å². The van der Waals surface area contributed by atoms with Crippen molar-refractivity contribution in [1.29, 1.82) is 0 Å². The predicted molar refractivity (Wildman–Crippen MR) is 118 cm³/mol. The highest BCUT2D eigenvalue weighted by Crippen LogP contribution is 2.22. The number of nitrogens with one attached hydrogen (secondary N) is 3. The molecule has 7 nitrogen and oxygen atoms in total. The second-order valence-electron chi connectivity index (χ2n) is 6.89. The Morgan fingerprint density at radius 3 is 2.27 bits per heavy atom. The molecule has 0 heterocycles. The third-order valence-electron chi connectivity index (χ3n) is 3.95. The summed E-state index contributed by atoms with van der Waals surface area (Å²) in [6.45, 7) is 3.38. The number of amides is 2. The van der Waals surface area contributed by atoms with Gasteiger partial charge in [0.2, 0.25) is 15.9 Å². The Hall–Kier alpha value is -2.13. The fourth-order valence-electron chi connectivity index (χ4n) is 2.63. The van der Waals surface area contributed by atoms with E-state index in [1.165, 1.54) is 18.2 Å². The zero-order valence-electron chi connectivity index (χ0n) is 16.5. The lowest BCUT2D eigenvalue weighted by atomic mass is 10.1. The maximum absolute atomic E-state index is 12.2.